The van der Waals surface area contributed by atoms with Crippen molar-refractivity contribution in [3.05, 3.63) is 61.9 Å². The summed E-state index contributed by atoms with van der Waals surface area (Å²) in [6.07, 6.45) is 0. The molecule has 0 aliphatic carbocycles. The third-order valence-electron chi connectivity index (χ3n) is 4.20. The molecule has 0 spiro atoms. The van der Waals surface area contributed by atoms with E-state index in [2.05, 4.69) is 15.3 Å². The van der Waals surface area contributed by atoms with Crippen LogP contribution in [0, 0.1) is 35.7 Å². The number of nitro groups is 1. The smallest absolute Gasteiger partial charge is 0.270 e. The first-order valence-electron chi connectivity index (χ1n) is 7.75. The van der Waals surface area contributed by atoms with Gasteiger partial charge < -0.3 is 0 Å². The Kier molecular flexibility index (Phi) is 4.25. The summed E-state index contributed by atoms with van der Waals surface area (Å²) in [5.41, 5.74) is 2.91. The quantitative estimate of drug-likeness (QED) is 0.437. The van der Waals surface area contributed by atoms with Crippen molar-refractivity contribution in [2.45, 2.75) is 33.7 Å². The summed E-state index contributed by atoms with van der Waals surface area (Å²) < 4.78 is 3.90. The number of rotatable bonds is 4. The van der Waals surface area contributed by atoms with Gasteiger partial charge in [-0.1, -0.05) is 17.7 Å². The molecular formula is C16H18N6O2S. The first-order chi connectivity index (χ1) is 11.8. The van der Waals surface area contributed by atoms with E-state index in [1.165, 1.54) is 0 Å². The van der Waals surface area contributed by atoms with Gasteiger partial charge in [-0.15, -0.1) is 0 Å². The van der Waals surface area contributed by atoms with Gasteiger partial charge in [0.2, 0.25) is 0 Å². The van der Waals surface area contributed by atoms with Gasteiger partial charge in [-0.05, 0) is 52.0 Å². The van der Waals surface area contributed by atoms with Gasteiger partial charge in [-0.25, -0.2) is 0 Å². The first kappa shape index (κ1) is 17.0. The summed E-state index contributed by atoms with van der Waals surface area (Å²) in [6.45, 7) is 7.22. The fraction of sp³-hybridized carbons (Fsp3) is 0.312. The van der Waals surface area contributed by atoms with Gasteiger partial charge in [0.1, 0.15) is 17.4 Å². The zero-order valence-electron chi connectivity index (χ0n) is 14.3. The van der Waals surface area contributed by atoms with Gasteiger partial charge in [0.05, 0.1) is 4.92 Å². The van der Waals surface area contributed by atoms with E-state index >= 15 is 0 Å². The fourth-order valence-electron chi connectivity index (χ4n) is 2.94. The average molecular weight is 358 g/mol. The van der Waals surface area contributed by atoms with Crippen LogP contribution in [0.25, 0.3) is 5.69 Å². The van der Waals surface area contributed by atoms with Crippen molar-refractivity contribution < 1.29 is 4.92 Å². The van der Waals surface area contributed by atoms with Crippen molar-refractivity contribution in [2.75, 3.05) is 0 Å². The van der Waals surface area contributed by atoms with Gasteiger partial charge in [-0.3, -0.25) is 24.5 Å². The maximum atomic E-state index is 11.2. The van der Waals surface area contributed by atoms with E-state index in [-0.39, 0.29) is 11.7 Å². The Balaban J connectivity index is 2.12. The second-order valence-corrected chi connectivity index (χ2v) is 6.34. The highest BCUT2D eigenvalue weighted by atomic mass is 32.1. The molecule has 130 valence electrons. The van der Waals surface area contributed by atoms with Gasteiger partial charge in [0.15, 0.2) is 10.6 Å². The molecule has 1 atom stereocenters. The number of nitrogens with zero attached hydrogens (tertiary/aromatic N) is 5. The number of nitrogens with one attached hydrogen (secondary N) is 1. The van der Waals surface area contributed by atoms with E-state index < -0.39 is 4.92 Å². The predicted octanol–water partition coefficient (Wildman–Crippen LogP) is 3.57. The van der Waals surface area contributed by atoms with Crippen LogP contribution in [0.5, 0.6) is 0 Å². The molecule has 8 nitrogen and oxygen atoms in total. The number of aromatic nitrogens is 5. The molecule has 9 heteroatoms. The van der Waals surface area contributed by atoms with E-state index in [1.807, 2.05) is 42.7 Å². The molecule has 0 saturated carbocycles. The molecule has 0 radical (unpaired) electrons. The van der Waals surface area contributed by atoms with Crippen LogP contribution in [0.3, 0.4) is 0 Å². The predicted molar refractivity (Wildman–Crippen MR) is 95.7 cm³/mol. The number of benzene rings is 1. The Labute approximate surface area is 149 Å². The summed E-state index contributed by atoms with van der Waals surface area (Å²) in [5, 5.41) is 22.7. The third-order valence-corrected chi connectivity index (χ3v) is 4.47. The Morgan fingerprint density at radius 3 is 2.44 bits per heavy atom. The van der Waals surface area contributed by atoms with Crippen LogP contribution < -0.4 is 0 Å². The summed E-state index contributed by atoms with van der Waals surface area (Å²) in [6, 6.07) is 7.57. The van der Waals surface area contributed by atoms with Crippen molar-refractivity contribution in [2.24, 2.45) is 0 Å². The van der Waals surface area contributed by atoms with E-state index in [4.69, 9.17) is 12.2 Å². The van der Waals surface area contributed by atoms with Gasteiger partial charge in [-0.2, -0.15) is 10.2 Å². The maximum absolute atomic E-state index is 11.2. The lowest BCUT2D eigenvalue weighted by atomic mass is 10.2. The first-order valence-corrected chi connectivity index (χ1v) is 8.16. The van der Waals surface area contributed by atoms with Crippen LogP contribution in [0.2, 0.25) is 0 Å². The lowest BCUT2D eigenvalue weighted by molar-refractivity contribution is -0.386. The summed E-state index contributed by atoms with van der Waals surface area (Å²) >= 11 is 5.37. The Morgan fingerprint density at radius 2 is 1.88 bits per heavy atom. The summed E-state index contributed by atoms with van der Waals surface area (Å²) in [5.74, 6) is 0.634. The van der Waals surface area contributed by atoms with Gasteiger partial charge in [0.25, 0.3) is 0 Å². The second kappa shape index (κ2) is 6.25. The van der Waals surface area contributed by atoms with Crippen LogP contribution in [-0.4, -0.2) is 29.5 Å². The topological polar surface area (TPSA) is 94.6 Å². The molecule has 0 aliphatic rings. The lowest BCUT2D eigenvalue weighted by Gasteiger charge is -2.15. The zero-order valence-corrected chi connectivity index (χ0v) is 15.2. The molecule has 3 rings (SSSR count). The molecule has 2 aromatic heterocycles. The number of aromatic amines is 1. The Bertz CT molecular complexity index is 999. The fourth-order valence-corrected chi connectivity index (χ4v) is 3.18. The molecule has 0 aliphatic heterocycles. The van der Waals surface area contributed by atoms with Crippen LogP contribution >= 0.6 is 12.2 Å². The normalized spacial score (nSPS) is 12.3. The van der Waals surface area contributed by atoms with Crippen molar-refractivity contribution in [3.8, 4) is 5.69 Å². The van der Waals surface area contributed by atoms with Gasteiger partial charge in [0, 0.05) is 5.69 Å². The minimum atomic E-state index is -0.405. The third kappa shape index (κ3) is 2.86. The lowest BCUT2D eigenvalue weighted by Crippen LogP contribution is -2.15. The second-order valence-electron chi connectivity index (χ2n) is 5.95. The highest BCUT2D eigenvalue weighted by Gasteiger charge is 2.27. The molecule has 0 amide bonds. The molecule has 1 aromatic carbocycles. The highest BCUT2D eigenvalue weighted by molar-refractivity contribution is 7.71. The molecule has 1 N–H and O–H groups in total. The van der Waals surface area contributed by atoms with Crippen LogP contribution in [-0.2, 0) is 0 Å². The number of aryl methyl sites for hydroxylation is 2. The van der Waals surface area contributed by atoms with Crippen molar-refractivity contribution >= 4 is 17.9 Å². The summed E-state index contributed by atoms with van der Waals surface area (Å²) in [7, 11) is 0. The highest BCUT2D eigenvalue weighted by Crippen LogP contribution is 2.28. The van der Waals surface area contributed by atoms with Crippen LogP contribution in [0.15, 0.2) is 24.3 Å². The van der Waals surface area contributed by atoms with Crippen LogP contribution in [0.1, 0.15) is 35.7 Å². The molecule has 3 aromatic rings. The minimum Gasteiger partial charge on any atom is -0.270 e. The number of hydrogen-bond donors (Lipinski definition) is 1. The van der Waals surface area contributed by atoms with E-state index in [9.17, 15) is 10.1 Å². The minimum absolute atomic E-state index is 0.0304. The Hall–Kier alpha value is -2.81. The molecular weight excluding hydrogens is 340 g/mol. The average Bonchev–Trinajstić information content (AvgIpc) is 3.07. The largest absolute Gasteiger partial charge is 0.312 e. The van der Waals surface area contributed by atoms with Crippen molar-refractivity contribution in [1.82, 2.24) is 24.5 Å². The molecule has 25 heavy (non-hydrogen) atoms. The molecule has 0 saturated heterocycles. The summed E-state index contributed by atoms with van der Waals surface area (Å²) in [4.78, 5) is 10.8. The van der Waals surface area contributed by atoms with Gasteiger partial charge >= 0.3 is 5.69 Å². The molecule has 0 bridgehead atoms. The standard InChI is InChI=1S/C16H18N6O2S/c1-9-5-7-13(8-6-9)20-15(17-18-16(20)25)12(4)21-11(3)14(22(23)24)10(2)19-21/h5-8,12H,1-4H3,(H,18,25)/t12-/m0/s1. The van der Waals surface area contributed by atoms with E-state index in [0.29, 0.717) is 22.0 Å². The van der Waals surface area contributed by atoms with Crippen molar-refractivity contribution in [1.29, 1.82) is 0 Å². The van der Waals surface area contributed by atoms with Crippen LogP contribution in [0.4, 0.5) is 5.69 Å². The monoisotopic (exact) mass is 358 g/mol. The molecule has 0 fully saturated rings. The zero-order chi connectivity index (χ0) is 18.3. The molecule has 0 unspecified atom stereocenters. The van der Waals surface area contributed by atoms with E-state index in [0.717, 1.165) is 11.3 Å². The van der Waals surface area contributed by atoms with Crippen molar-refractivity contribution in [3.63, 3.8) is 0 Å². The molecule has 2 heterocycles. The van der Waals surface area contributed by atoms with E-state index in [1.54, 1.807) is 18.5 Å². The number of H-pyrrole nitrogens is 1. The SMILES string of the molecule is Cc1ccc(-n2c([C@H](C)n3nc(C)c([N+](=O)[O-])c3C)n[nH]c2=S)cc1. The number of hydrogen-bond acceptors (Lipinski definition) is 5. The Morgan fingerprint density at radius 1 is 1.24 bits per heavy atom. The maximum Gasteiger partial charge on any atom is 0.312 e.